The molecule has 4 aromatic rings. The number of hydrogen-bond acceptors (Lipinski definition) is 3. The van der Waals surface area contributed by atoms with Gasteiger partial charge in [0.05, 0.1) is 16.8 Å². The molecular formula is C28H25NO3. The second-order valence-corrected chi connectivity index (χ2v) is 7.69. The highest BCUT2D eigenvalue weighted by Crippen LogP contribution is 2.35. The summed E-state index contributed by atoms with van der Waals surface area (Å²) in [4.78, 5) is 27.4. The Morgan fingerprint density at radius 2 is 1.41 bits per heavy atom. The molecule has 0 saturated carbocycles. The van der Waals surface area contributed by atoms with Gasteiger partial charge in [0.15, 0.2) is 5.78 Å². The summed E-state index contributed by atoms with van der Waals surface area (Å²) in [5, 5.41) is 11.3. The fourth-order valence-electron chi connectivity index (χ4n) is 3.93. The Morgan fingerprint density at radius 1 is 0.844 bits per heavy atom. The van der Waals surface area contributed by atoms with E-state index in [9.17, 15) is 14.7 Å². The van der Waals surface area contributed by atoms with E-state index >= 15 is 0 Å². The maximum atomic E-state index is 13.7. The van der Waals surface area contributed by atoms with E-state index < -0.39 is 0 Å². The van der Waals surface area contributed by atoms with E-state index in [2.05, 4.69) is 0 Å². The van der Waals surface area contributed by atoms with Gasteiger partial charge in [0, 0.05) is 11.3 Å². The molecule has 0 aliphatic rings. The van der Waals surface area contributed by atoms with Crippen LogP contribution in [0, 0.1) is 0 Å². The number of benzene rings is 3. The van der Waals surface area contributed by atoms with Gasteiger partial charge in [0.1, 0.15) is 5.75 Å². The van der Waals surface area contributed by atoms with Crippen LogP contribution in [-0.2, 0) is 6.42 Å². The van der Waals surface area contributed by atoms with Crippen LogP contribution in [0.2, 0.25) is 0 Å². The lowest BCUT2D eigenvalue weighted by Gasteiger charge is -2.21. The monoisotopic (exact) mass is 423 g/mol. The SMILES string of the molecule is CCCCc1c(O)c(C(=O)c2ccccc2)c(-c2ccccc2)n(-c2ccccc2)c1=O. The molecule has 0 radical (unpaired) electrons. The molecule has 1 aromatic heterocycles. The van der Waals surface area contributed by atoms with Gasteiger partial charge in [-0.25, -0.2) is 0 Å². The largest absolute Gasteiger partial charge is 0.507 e. The number of carbonyl (C=O) groups is 1. The highest BCUT2D eigenvalue weighted by Gasteiger charge is 2.28. The molecule has 4 rings (SSSR count). The lowest BCUT2D eigenvalue weighted by Crippen LogP contribution is -2.27. The predicted molar refractivity (Wildman–Crippen MR) is 128 cm³/mol. The van der Waals surface area contributed by atoms with Crippen molar-refractivity contribution in [1.82, 2.24) is 4.57 Å². The summed E-state index contributed by atoms with van der Waals surface area (Å²) in [5.74, 6) is -0.535. The molecule has 0 saturated heterocycles. The van der Waals surface area contributed by atoms with Gasteiger partial charge in [-0.3, -0.25) is 14.2 Å². The Kier molecular flexibility index (Phi) is 6.31. The van der Waals surface area contributed by atoms with Gasteiger partial charge in [-0.15, -0.1) is 0 Å². The summed E-state index contributed by atoms with van der Waals surface area (Å²) in [6.45, 7) is 2.03. The fraction of sp³-hybridized carbons (Fsp3) is 0.143. The molecule has 0 fully saturated rings. The normalized spacial score (nSPS) is 10.8. The Morgan fingerprint density at radius 3 is 2.00 bits per heavy atom. The van der Waals surface area contributed by atoms with Crippen LogP contribution in [-0.4, -0.2) is 15.5 Å². The standard InChI is InChI=1S/C28H25NO3/c1-2-3-19-23-27(31)24(26(30)21-15-9-5-10-16-21)25(20-13-7-4-8-14-20)29(28(23)32)22-17-11-6-12-18-22/h4-18,31H,2-3,19H2,1H3. The van der Waals surface area contributed by atoms with Gasteiger partial charge in [-0.1, -0.05) is 92.2 Å². The van der Waals surface area contributed by atoms with Crippen LogP contribution in [0.15, 0.2) is 95.8 Å². The van der Waals surface area contributed by atoms with E-state index in [-0.39, 0.29) is 28.2 Å². The van der Waals surface area contributed by atoms with Crippen LogP contribution in [0.1, 0.15) is 41.3 Å². The number of aromatic nitrogens is 1. The van der Waals surface area contributed by atoms with Crippen molar-refractivity contribution in [2.75, 3.05) is 0 Å². The van der Waals surface area contributed by atoms with Crippen molar-refractivity contribution in [3.05, 3.63) is 118 Å². The molecular weight excluding hydrogens is 398 g/mol. The molecule has 0 atom stereocenters. The van der Waals surface area contributed by atoms with Crippen molar-refractivity contribution < 1.29 is 9.90 Å². The molecule has 4 nitrogen and oxygen atoms in total. The molecule has 0 amide bonds. The number of aromatic hydroxyl groups is 1. The minimum Gasteiger partial charge on any atom is -0.507 e. The van der Waals surface area contributed by atoms with Gasteiger partial charge in [0.2, 0.25) is 0 Å². The van der Waals surface area contributed by atoms with Crippen molar-refractivity contribution in [2.45, 2.75) is 26.2 Å². The number of para-hydroxylation sites is 1. The lowest BCUT2D eigenvalue weighted by molar-refractivity contribution is 0.103. The van der Waals surface area contributed by atoms with E-state index in [1.54, 1.807) is 28.8 Å². The van der Waals surface area contributed by atoms with Crippen molar-refractivity contribution in [1.29, 1.82) is 0 Å². The van der Waals surface area contributed by atoms with Gasteiger partial charge in [-0.2, -0.15) is 0 Å². The zero-order chi connectivity index (χ0) is 22.5. The summed E-state index contributed by atoms with van der Waals surface area (Å²) >= 11 is 0. The fourth-order valence-corrected chi connectivity index (χ4v) is 3.93. The smallest absolute Gasteiger partial charge is 0.262 e. The Bertz CT molecular complexity index is 1280. The summed E-state index contributed by atoms with van der Waals surface area (Å²) in [5.41, 5.74) is 2.31. The van der Waals surface area contributed by atoms with Crippen LogP contribution in [0.3, 0.4) is 0 Å². The number of rotatable bonds is 7. The number of unbranched alkanes of at least 4 members (excludes halogenated alkanes) is 1. The van der Waals surface area contributed by atoms with Crippen LogP contribution in [0.4, 0.5) is 0 Å². The predicted octanol–water partition coefficient (Wildman–Crippen LogP) is 5.78. The Balaban J connectivity index is 2.13. The van der Waals surface area contributed by atoms with Gasteiger partial charge in [-0.05, 0) is 30.5 Å². The third-order valence-electron chi connectivity index (χ3n) is 5.55. The van der Waals surface area contributed by atoms with E-state index in [1.165, 1.54) is 0 Å². The number of nitrogens with zero attached hydrogens (tertiary/aromatic N) is 1. The van der Waals surface area contributed by atoms with Crippen LogP contribution >= 0.6 is 0 Å². The molecule has 0 aliphatic heterocycles. The first-order valence-corrected chi connectivity index (χ1v) is 10.8. The van der Waals surface area contributed by atoms with E-state index in [4.69, 9.17) is 0 Å². The van der Waals surface area contributed by atoms with Gasteiger partial charge >= 0.3 is 0 Å². The summed E-state index contributed by atoms with van der Waals surface area (Å²) in [6.07, 6.45) is 2.01. The third kappa shape index (κ3) is 4.00. The van der Waals surface area contributed by atoms with Gasteiger partial charge in [0.25, 0.3) is 5.56 Å². The first-order valence-electron chi connectivity index (χ1n) is 10.8. The maximum Gasteiger partial charge on any atom is 0.262 e. The molecule has 1 N–H and O–H groups in total. The minimum atomic E-state index is -0.315. The lowest BCUT2D eigenvalue weighted by atomic mass is 9.93. The summed E-state index contributed by atoms with van der Waals surface area (Å²) < 4.78 is 1.57. The molecule has 1 heterocycles. The average Bonchev–Trinajstić information content (AvgIpc) is 2.85. The first-order chi connectivity index (χ1) is 15.6. The average molecular weight is 424 g/mol. The second-order valence-electron chi connectivity index (χ2n) is 7.69. The summed E-state index contributed by atoms with van der Waals surface area (Å²) in [6, 6.07) is 27.4. The third-order valence-corrected chi connectivity index (χ3v) is 5.55. The molecule has 32 heavy (non-hydrogen) atoms. The number of ketones is 1. The quantitative estimate of drug-likeness (QED) is 0.383. The molecule has 0 aliphatic carbocycles. The Labute approximate surface area is 187 Å². The maximum absolute atomic E-state index is 13.7. The molecule has 0 unspecified atom stereocenters. The Hall–Kier alpha value is -3.92. The van der Waals surface area contributed by atoms with Crippen LogP contribution in [0.25, 0.3) is 16.9 Å². The molecule has 0 spiro atoms. The highest BCUT2D eigenvalue weighted by molar-refractivity contribution is 6.14. The number of carbonyl (C=O) groups excluding carboxylic acids is 1. The molecule has 160 valence electrons. The zero-order valence-electron chi connectivity index (χ0n) is 18.0. The molecule has 4 heteroatoms. The van der Waals surface area contributed by atoms with Crippen LogP contribution < -0.4 is 5.56 Å². The summed E-state index contributed by atoms with van der Waals surface area (Å²) in [7, 11) is 0. The van der Waals surface area contributed by atoms with Crippen molar-refractivity contribution in [2.24, 2.45) is 0 Å². The second kappa shape index (κ2) is 9.48. The van der Waals surface area contributed by atoms with Crippen molar-refractivity contribution >= 4 is 5.78 Å². The molecule has 0 bridgehead atoms. The van der Waals surface area contributed by atoms with Gasteiger partial charge < -0.3 is 5.11 Å². The van der Waals surface area contributed by atoms with E-state index in [1.807, 2.05) is 73.7 Å². The van der Waals surface area contributed by atoms with E-state index in [0.29, 0.717) is 28.9 Å². The highest BCUT2D eigenvalue weighted by atomic mass is 16.3. The number of hydrogen-bond donors (Lipinski definition) is 1. The minimum absolute atomic E-state index is 0.150. The first kappa shape index (κ1) is 21.3. The molecule has 3 aromatic carbocycles. The van der Waals surface area contributed by atoms with E-state index in [0.717, 1.165) is 12.8 Å². The van der Waals surface area contributed by atoms with Crippen molar-refractivity contribution in [3.8, 4) is 22.7 Å². The topological polar surface area (TPSA) is 59.3 Å². The zero-order valence-corrected chi connectivity index (χ0v) is 18.0. The number of pyridine rings is 1. The van der Waals surface area contributed by atoms with Crippen molar-refractivity contribution in [3.63, 3.8) is 0 Å². The van der Waals surface area contributed by atoms with Crippen LogP contribution in [0.5, 0.6) is 5.75 Å².